The van der Waals surface area contributed by atoms with Crippen molar-refractivity contribution in [1.29, 1.82) is 0 Å². The molecule has 3 rings (SSSR count). The molecule has 0 atom stereocenters. The minimum absolute atomic E-state index is 0.0653. The lowest BCUT2D eigenvalue weighted by molar-refractivity contribution is -0.138. The number of aliphatic carboxylic acids is 1. The molecule has 0 bridgehead atoms. The Labute approximate surface area is 139 Å². The second kappa shape index (κ2) is 6.88. The minimum atomic E-state index is -0.809. The van der Waals surface area contributed by atoms with E-state index in [4.69, 9.17) is 5.11 Å². The Kier molecular flexibility index (Phi) is 4.66. The molecule has 8 heteroatoms. The van der Waals surface area contributed by atoms with Gasteiger partial charge in [-0.3, -0.25) is 24.7 Å². The van der Waals surface area contributed by atoms with Crippen molar-refractivity contribution < 1.29 is 19.5 Å². The lowest BCUT2D eigenvalue weighted by atomic mass is 10.2. The van der Waals surface area contributed by atoms with Gasteiger partial charge in [-0.15, -0.1) is 0 Å². The number of carboxylic acid groups (broad SMARTS) is 1. The average molecular weight is 332 g/mol. The summed E-state index contributed by atoms with van der Waals surface area (Å²) in [6.45, 7) is 3.30. The van der Waals surface area contributed by atoms with Crippen molar-refractivity contribution in [3.05, 3.63) is 24.3 Å². The van der Waals surface area contributed by atoms with Crippen LogP contribution in [0.3, 0.4) is 0 Å². The maximum Gasteiger partial charge on any atom is 0.328 e. The van der Waals surface area contributed by atoms with Gasteiger partial charge in [0.05, 0.1) is 6.54 Å². The first-order valence-electron chi connectivity index (χ1n) is 7.93. The molecule has 2 aliphatic rings. The molecule has 0 spiro atoms. The zero-order chi connectivity index (χ0) is 17.1. The summed E-state index contributed by atoms with van der Waals surface area (Å²) in [7, 11) is 0. The quantitative estimate of drug-likeness (QED) is 0.826. The van der Waals surface area contributed by atoms with Crippen molar-refractivity contribution in [2.45, 2.75) is 6.42 Å². The van der Waals surface area contributed by atoms with Crippen LogP contribution < -0.4 is 15.1 Å². The van der Waals surface area contributed by atoms with Gasteiger partial charge in [0.1, 0.15) is 0 Å². The van der Waals surface area contributed by atoms with Crippen molar-refractivity contribution >= 4 is 29.3 Å². The third kappa shape index (κ3) is 3.65. The molecule has 3 amide bonds. The Morgan fingerprint density at radius 3 is 2.46 bits per heavy atom. The third-order valence-corrected chi connectivity index (χ3v) is 4.29. The van der Waals surface area contributed by atoms with Gasteiger partial charge in [0, 0.05) is 50.5 Å². The fourth-order valence-corrected chi connectivity index (χ4v) is 3.02. The normalized spacial score (nSPS) is 19.3. The van der Waals surface area contributed by atoms with E-state index in [1.54, 1.807) is 4.90 Å². The van der Waals surface area contributed by atoms with Crippen LogP contribution in [0.1, 0.15) is 6.42 Å². The molecule has 1 aromatic carbocycles. The van der Waals surface area contributed by atoms with E-state index in [2.05, 4.69) is 10.2 Å². The molecule has 1 aromatic rings. The van der Waals surface area contributed by atoms with Crippen molar-refractivity contribution in [3.63, 3.8) is 0 Å². The summed E-state index contributed by atoms with van der Waals surface area (Å²) in [5.74, 6) is -1.06. The van der Waals surface area contributed by atoms with Crippen LogP contribution in [0.15, 0.2) is 24.3 Å². The highest BCUT2D eigenvalue weighted by Gasteiger charge is 2.25. The molecule has 2 N–H and O–H groups in total. The fourth-order valence-electron chi connectivity index (χ4n) is 3.02. The van der Waals surface area contributed by atoms with Gasteiger partial charge >= 0.3 is 12.0 Å². The third-order valence-electron chi connectivity index (χ3n) is 4.29. The number of benzene rings is 1. The monoisotopic (exact) mass is 332 g/mol. The number of nitrogens with one attached hydrogen (secondary N) is 1. The number of urea groups is 1. The maximum atomic E-state index is 12.0. The lowest BCUT2D eigenvalue weighted by Gasteiger charge is -2.36. The molecule has 8 nitrogen and oxygen atoms in total. The molecule has 24 heavy (non-hydrogen) atoms. The van der Waals surface area contributed by atoms with Gasteiger partial charge < -0.3 is 10.0 Å². The molecule has 2 saturated heterocycles. The number of amides is 3. The summed E-state index contributed by atoms with van der Waals surface area (Å²) >= 11 is 0. The number of nitrogens with zero attached hydrogens (tertiary/aromatic N) is 3. The number of hydrogen-bond acceptors (Lipinski definition) is 5. The molecule has 0 saturated carbocycles. The van der Waals surface area contributed by atoms with E-state index in [0.717, 1.165) is 24.5 Å². The number of carboxylic acids is 1. The van der Waals surface area contributed by atoms with Gasteiger partial charge in [-0.05, 0) is 18.2 Å². The lowest BCUT2D eigenvalue weighted by Crippen LogP contribution is -2.50. The fraction of sp³-hybridized carbons (Fsp3) is 0.438. The molecule has 0 aliphatic carbocycles. The van der Waals surface area contributed by atoms with Crippen LogP contribution in [-0.2, 0) is 9.59 Å². The van der Waals surface area contributed by atoms with Crippen LogP contribution in [0.4, 0.5) is 16.2 Å². The number of carbonyl (C=O) groups is 3. The molecule has 0 unspecified atom stereocenters. The Morgan fingerprint density at radius 1 is 1.08 bits per heavy atom. The molecule has 2 heterocycles. The van der Waals surface area contributed by atoms with Gasteiger partial charge in [-0.25, -0.2) is 4.79 Å². The summed E-state index contributed by atoms with van der Waals surface area (Å²) in [6.07, 6.45) is 0.295. The van der Waals surface area contributed by atoms with Gasteiger partial charge in [0.2, 0.25) is 5.91 Å². The number of carbonyl (C=O) groups excluding carboxylic acids is 2. The average Bonchev–Trinajstić information content (AvgIpc) is 2.55. The highest BCUT2D eigenvalue weighted by molar-refractivity contribution is 6.05. The van der Waals surface area contributed by atoms with Crippen LogP contribution in [0.5, 0.6) is 0 Å². The molecule has 2 fully saturated rings. The molecule has 2 aliphatic heterocycles. The topological polar surface area (TPSA) is 93.2 Å². The van der Waals surface area contributed by atoms with E-state index in [9.17, 15) is 14.4 Å². The second-order valence-corrected chi connectivity index (χ2v) is 5.93. The van der Waals surface area contributed by atoms with Crippen molar-refractivity contribution in [2.75, 3.05) is 49.1 Å². The Hall–Kier alpha value is -2.61. The number of hydrogen-bond donors (Lipinski definition) is 2. The Morgan fingerprint density at radius 2 is 1.79 bits per heavy atom. The Bertz CT molecular complexity index is 655. The molecular formula is C16H20N4O4. The largest absolute Gasteiger partial charge is 0.480 e. The molecule has 0 aromatic heterocycles. The van der Waals surface area contributed by atoms with Crippen molar-refractivity contribution in [2.24, 2.45) is 0 Å². The van der Waals surface area contributed by atoms with Crippen LogP contribution in [-0.4, -0.2) is 67.2 Å². The van der Waals surface area contributed by atoms with Gasteiger partial charge in [-0.1, -0.05) is 6.07 Å². The maximum absolute atomic E-state index is 12.0. The number of anilines is 2. The number of rotatable bonds is 4. The first-order chi connectivity index (χ1) is 11.5. The van der Waals surface area contributed by atoms with E-state index >= 15 is 0 Å². The van der Waals surface area contributed by atoms with Crippen LogP contribution in [0.2, 0.25) is 0 Å². The van der Waals surface area contributed by atoms with Crippen molar-refractivity contribution in [1.82, 2.24) is 10.2 Å². The number of piperazine rings is 1. The highest BCUT2D eigenvalue weighted by atomic mass is 16.4. The van der Waals surface area contributed by atoms with Gasteiger partial charge in [0.15, 0.2) is 0 Å². The van der Waals surface area contributed by atoms with E-state index in [1.807, 2.05) is 29.2 Å². The highest BCUT2D eigenvalue weighted by Crippen LogP contribution is 2.24. The molecular weight excluding hydrogens is 312 g/mol. The molecule has 0 radical (unpaired) electrons. The summed E-state index contributed by atoms with van der Waals surface area (Å²) in [4.78, 5) is 39.6. The van der Waals surface area contributed by atoms with Crippen LogP contribution >= 0.6 is 0 Å². The first-order valence-corrected chi connectivity index (χ1v) is 7.93. The van der Waals surface area contributed by atoms with Crippen molar-refractivity contribution in [3.8, 4) is 0 Å². The Balaban J connectivity index is 1.67. The predicted octanol–water partition coefficient (Wildman–Crippen LogP) is 0.339. The second-order valence-electron chi connectivity index (χ2n) is 5.93. The first kappa shape index (κ1) is 16.3. The van der Waals surface area contributed by atoms with Crippen LogP contribution in [0, 0.1) is 0 Å². The standard InChI is InChI=1S/C16H20N4O4/c21-14-4-5-20(16(24)17-14)13-3-1-2-12(10-13)19-8-6-18(7-9-19)11-15(22)23/h1-3,10H,4-9,11H2,(H,22,23)(H,17,21,24). The summed E-state index contributed by atoms with van der Waals surface area (Å²) in [5, 5.41) is 11.2. The van der Waals surface area contributed by atoms with E-state index in [1.165, 1.54) is 0 Å². The smallest absolute Gasteiger partial charge is 0.328 e. The van der Waals surface area contributed by atoms with Gasteiger partial charge in [0.25, 0.3) is 0 Å². The number of imide groups is 1. The predicted molar refractivity (Wildman–Crippen MR) is 88.2 cm³/mol. The van der Waals surface area contributed by atoms with E-state index in [0.29, 0.717) is 26.1 Å². The van der Waals surface area contributed by atoms with E-state index < -0.39 is 12.0 Å². The summed E-state index contributed by atoms with van der Waals surface area (Å²) in [6, 6.07) is 7.25. The SMILES string of the molecule is O=C(O)CN1CCN(c2cccc(N3CCC(=O)NC3=O)c2)CC1. The van der Waals surface area contributed by atoms with E-state index in [-0.39, 0.29) is 12.5 Å². The zero-order valence-corrected chi connectivity index (χ0v) is 13.3. The molecule has 128 valence electrons. The van der Waals surface area contributed by atoms with Gasteiger partial charge in [-0.2, -0.15) is 0 Å². The zero-order valence-electron chi connectivity index (χ0n) is 13.3. The minimum Gasteiger partial charge on any atom is -0.480 e. The summed E-state index contributed by atoms with van der Waals surface area (Å²) < 4.78 is 0. The summed E-state index contributed by atoms with van der Waals surface area (Å²) in [5.41, 5.74) is 1.75. The van der Waals surface area contributed by atoms with Crippen LogP contribution in [0.25, 0.3) is 0 Å².